The second-order valence-electron chi connectivity index (χ2n) is 5.83. The summed E-state index contributed by atoms with van der Waals surface area (Å²) in [4.78, 5) is 25.2. The lowest BCUT2D eigenvalue weighted by Crippen LogP contribution is -2.25. The molecule has 0 aliphatic carbocycles. The van der Waals surface area contributed by atoms with Crippen LogP contribution in [0, 0.1) is 0 Å². The van der Waals surface area contributed by atoms with Crippen LogP contribution in [0.3, 0.4) is 0 Å². The largest absolute Gasteiger partial charge is 0.351 e. The minimum Gasteiger partial charge on any atom is -0.351 e. The van der Waals surface area contributed by atoms with Crippen molar-refractivity contribution in [3.8, 4) is 10.6 Å². The van der Waals surface area contributed by atoms with Crippen molar-refractivity contribution in [3.63, 3.8) is 0 Å². The highest BCUT2D eigenvalue weighted by Gasteiger charge is 2.14. The molecule has 3 heterocycles. The molecule has 0 saturated heterocycles. The molecule has 0 radical (unpaired) electrons. The van der Waals surface area contributed by atoms with E-state index < -0.39 is 0 Å². The Balaban J connectivity index is 1.45. The van der Waals surface area contributed by atoms with E-state index in [9.17, 15) is 9.59 Å². The molecule has 4 aromatic rings. The summed E-state index contributed by atoms with van der Waals surface area (Å²) in [6, 6.07) is 12.9. The number of hydrogen-bond acceptors (Lipinski definition) is 6. The summed E-state index contributed by atoms with van der Waals surface area (Å²) in [5, 5.41) is 16.9. The number of carbonyl (C=O) groups is 1. The van der Waals surface area contributed by atoms with Crippen LogP contribution in [-0.2, 0) is 11.3 Å². The van der Waals surface area contributed by atoms with Crippen LogP contribution in [0.15, 0.2) is 57.8 Å². The lowest BCUT2D eigenvalue weighted by Gasteiger charge is -2.06. The average Bonchev–Trinajstić information content (AvgIpc) is 3.37. The highest BCUT2D eigenvalue weighted by molar-refractivity contribution is 7.99. The summed E-state index contributed by atoms with van der Waals surface area (Å²) in [5.41, 5.74) is 1.72. The van der Waals surface area contributed by atoms with Gasteiger partial charge in [0.25, 0.3) is 5.56 Å². The van der Waals surface area contributed by atoms with Gasteiger partial charge in [-0.25, -0.2) is 9.61 Å². The molecule has 0 atom stereocenters. The average molecular weight is 432 g/mol. The molecule has 1 amide bonds. The van der Waals surface area contributed by atoms with Gasteiger partial charge in [-0.3, -0.25) is 9.59 Å². The van der Waals surface area contributed by atoms with E-state index in [0.29, 0.717) is 27.9 Å². The normalized spacial score (nSPS) is 11.0. The summed E-state index contributed by atoms with van der Waals surface area (Å²) in [7, 11) is 0. The standard InChI is InChI=1S/C18H14ClN5O2S2/c19-12-5-3-11(4-6-12)9-20-16(25)10-28-18-22-21-17(26)14-8-13(23-24(14)18)15-2-1-7-27-15/h1-8H,9-10H2,(H,20,25)(H,21,26). The number of thiophene rings is 1. The van der Waals surface area contributed by atoms with Crippen molar-refractivity contribution in [3.05, 3.63) is 68.8 Å². The number of nitrogens with one attached hydrogen (secondary N) is 2. The van der Waals surface area contributed by atoms with Crippen molar-refractivity contribution >= 4 is 46.1 Å². The van der Waals surface area contributed by atoms with E-state index >= 15 is 0 Å². The van der Waals surface area contributed by atoms with Crippen molar-refractivity contribution in [1.29, 1.82) is 0 Å². The fraction of sp³-hybridized carbons (Fsp3) is 0.111. The fourth-order valence-electron chi connectivity index (χ4n) is 2.51. The predicted molar refractivity (Wildman–Crippen MR) is 111 cm³/mol. The molecule has 28 heavy (non-hydrogen) atoms. The van der Waals surface area contributed by atoms with Crippen LogP contribution in [0.1, 0.15) is 5.56 Å². The summed E-state index contributed by atoms with van der Waals surface area (Å²) in [5.74, 6) is 0.00220. The first-order valence-electron chi connectivity index (χ1n) is 8.26. The topological polar surface area (TPSA) is 92.2 Å². The molecule has 0 fully saturated rings. The molecular formula is C18H14ClN5O2S2. The zero-order chi connectivity index (χ0) is 19.5. The SMILES string of the molecule is O=C(CSc1n[nH]c(=O)c2cc(-c3cccs3)nn12)NCc1ccc(Cl)cc1. The van der Waals surface area contributed by atoms with Crippen LogP contribution >= 0.6 is 34.7 Å². The number of benzene rings is 1. The maximum Gasteiger partial charge on any atom is 0.290 e. The molecule has 0 aliphatic rings. The van der Waals surface area contributed by atoms with Crippen molar-refractivity contribution < 1.29 is 4.79 Å². The molecule has 2 N–H and O–H groups in total. The number of nitrogens with zero attached hydrogens (tertiary/aromatic N) is 3. The highest BCUT2D eigenvalue weighted by atomic mass is 35.5. The van der Waals surface area contributed by atoms with Gasteiger partial charge in [0, 0.05) is 11.6 Å². The third-order valence-corrected chi connectivity index (χ3v) is 5.96. The van der Waals surface area contributed by atoms with Crippen LogP contribution in [0.2, 0.25) is 5.02 Å². The number of H-pyrrole nitrogens is 1. The Kier molecular flexibility index (Phi) is 5.47. The molecule has 4 rings (SSSR count). The zero-order valence-corrected chi connectivity index (χ0v) is 16.8. The maximum atomic E-state index is 12.2. The molecule has 142 valence electrons. The molecule has 0 aliphatic heterocycles. The Morgan fingerprint density at radius 3 is 2.86 bits per heavy atom. The highest BCUT2D eigenvalue weighted by Crippen LogP contribution is 2.25. The van der Waals surface area contributed by atoms with Gasteiger partial charge in [-0.1, -0.05) is 41.6 Å². The van der Waals surface area contributed by atoms with Gasteiger partial charge in [-0.15, -0.1) is 16.4 Å². The lowest BCUT2D eigenvalue weighted by molar-refractivity contribution is -0.118. The molecule has 0 saturated carbocycles. The zero-order valence-electron chi connectivity index (χ0n) is 14.4. The Morgan fingerprint density at radius 1 is 1.29 bits per heavy atom. The number of hydrogen-bond donors (Lipinski definition) is 2. The van der Waals surface area contributed by atoms with Crippen molar-refractivity contribution in [2.75, 3.05) is 5.75 Å². The van der Waals surface area contributed by atoms with E-state index in [1.54, 1.807) is 18.2 Å². The smallest absolute Gasteiger partial charge is 0.290 e. The van der Waals surface area contributed by atoms with E-state index in [2.05, 4.69) is 20.6 Å². The van der Waals surface area contributed by atoms with Crippen molar-refractivity contribution in [1.82, 2.24) is 25.1 Å². The van der Waals surface area contributed by atoms with Crippen LogP contribution in [0.5, 0.6) is 0 Å². The lowest BCUT2D eigenvalue weighted by atomic mass is 10.2. The number of fused-ring (bicyclic) bond motifs is 1. The van der Waals surface area contributed by atoms with Gasteiger partial charge in [-0.2, -0.15) is 5.10 Å². The molecular weight excluding hydrogens is 418 g/mol. The minimum atomic E-state index is -0.327. The van der Waals surface area contributed by atoms with Crippen LogP contribution in [0.4, 0.5) is 0 Å². The van der Waals surface area contributed by atoms with Gasteiger partial charge in [0.05, 0.1) is 10.6 Å². The molecule has 0 spiro atoms. The van der Waals surface area contributed by atoms with Gasteiger partial charge in [0.2, 0.25) is 11.1 Å². The molecule has 3 aromatic heterocycles. The molecule has 1 aromatic carbocycles. The first-order chi connectivity index (χ1) is 13.6. The quantitative estimate of drug-likeness (QED) is 0.457. The van der Waals surface area contributed by atoms with Crippen LogP contribution in [0.25, 0.3) is 16.1 Å². The predicted octanol–water partition coefficient (Wildman–Crippen LogP) is 3.21. The van der Waals surface area contributed by atoms with Gasteiger partial charge in [0.15, 0.2) is 0 Å². The van der Waals surface area contributed by atoms with E-state index in [1.165, 1.54) is 27.6 Å². The van der Waals surface area contributed by atoms with Gasteiger partial charge >= 0.3 is 0 Å². The van der Waals surface area contributed by atoms with Gasteiger partial charge in [-0.05, 0) is 35.2 Å². The van der Waals surface area contributed by atoms with E-state index in [-0.39, 0.29) is 17.2 Å². The number of amides is 1. The number of aromatic nitrogens is 4. The Morgan fingerprint density at radius 2 is 2.11 bits per heavy atom. The summed E-state index contributed by atoms with van der Waals surface area (Å²) < 4.78 is 1.48. The third-order valence-electron chi connectivity index (χ3n) is 3.89. The fourth-order valence-corrected chi connectivity index (χ4v) is 4.06. The van der Waals surface area contributed by atoms with E-state index in [1.807, 2.05) is 29.6 Å². The second kappa shape index (κ2) is 8.17. The van der Waals surface area contributed by atoms with Crippen molar-refractivity contribution in [2.24, 2.45) is 0 Å². The summed E-state index contributed by atoms with van der Waals surface area (Å²) in [6.45, 7) is 0.412. The number of rotatable bonds is 6. The summed E-state index contributed by atoms with van der Waals surface area (Å²) >= 11 is 8.60. The van der Waals surface area contributed by atoms with Gasteiger partial charge < -0.3 is 5.32 Å². The Labute approximate surface area is 172 Å². The van der Waals surface area contributed by atoms with Crippen molar-refractivity contribution in [2.45, 2.75) is 11.7 Å². The van der Waals surface area contributed by atoms with Gasteiger partial charge in [0.1, 0.15) is 11.2 Å². The Hall–Kier alpha value is -2.62. The molecule has 7 nitrogen and oxygen atoms in total. The van der Waals surface area contributed by atoms with Crippen LogP contribution < -0.4 is 10.9 Å². The number of carbonyl (C=O) groups excluding carboxylic acids is 1. The van der Waals surface area contributed by atoms with E-state index in [4.69, 9.17) is 11.6 Å². The second-order valence-corrected chi connectivity index (χ2v) is 8.16. The Bertz CT molecular complexity index is 1170. The van der Waals surface area contributed by atoms with E-state index in [0.717, 1.165) is 10.4 Å². The molecule has 0 unspecified atom stereocenters. The molecule has 10 heteroatoms. The number of halogens is 1. The third kappa shape index (κ3) is 4.11. The maximum absolute atomic E-state index is 12.2. The monoisotopic (exact) mass is 431 g/mol. The number of aromatic amines is 1. The van der Waals surface area contributed by atoms with Crippen LogP contribution in [-0.4, -0.2) is 31.5 Å². The first-order valence-corrected chi connectivity index (χ1v) is 10.5. The molecule has 0 bridgehead atoms. The number of thioether (sulfide) groups is 1. The minimum absolute atomic E-state index is 0.147. The summed E-state index contributed by atoms with van der Waals surface area (Å²) in [6.07, 6.45) is 0. The first kappa shape index (κ1) is 18.7.